The molecule has 0 aromatic heterocycles. The molecule has 1 aromatic carbocycles. The number of hydrogen-bond acceptors (Lipinski definition) is 3. The van der Waals surface area contributed by atoms with Crippen molar-refractivity contribution in [1.29, 1.82) is 0 Å². The second-order valence-corrected chi connectivity index (χ2v) is 13.7. The van der Waals surface area contributed by atoms with E-state index >= 15 is 0 Å². The van der Waals surface area contributed by atoms with E-state index in [1.807, 2.05) is 24.3 Å². The second kappa shape index (κ2) is 11.7. The summed E-state index contributed by atoms with van der Waals surface area (Å²) < 4.78 is 17.2. The minimum atomic E-state index is -1.59. The van der Waals surface area contributed by atoms with Gasteiger partial charge in [-0.05, 0) is 61.0 Å². The highest BCUT2D eigenvalue weighted by Gasteiger charge is 2.36. The maximum Gasteiger partial charge on any atom is 0.191 e. The molecule has 27 heavy (non-hydrogen) atoms. The monoisotopic (exact) mass is 392 g/mol. The van der Waals surface area contributed by atoms with E-state index in [-0.39, 0.29) is 0 Å². The smallest absolute Gasteiger partial charge is 0.191 e. The summed E-state index contributed by atoms with van der Waals surface area (Å²) in [6.45, 7) is 16.1. The summed E-state index contributed by atoms with van der Waals surface area (Å²) in [5.41, 5.74) is 1.18. The molecule has 0 fully saturated rings. The van der Waals surface area contributed by atoms with Gasteiger partial charge >= 0.3 is 0 Å². The van der Waals surface area contributed by atoms with Crippen LogP contribution >= 0.6 is 0 Å². The van der Waals surface area contributed by atoms with Crippen molar-refractivity contribution in [2.24, 2.45) is 5.92 Å². The lowest BCUT2D eigenvalue weighted by molar-refractivity contribution is 0.113. The Bertz CT molecular complexity index is 544. The van der Waals surface area contributed by atoms with E-state index in [1.165, 1.54) is 5.56 Å². The molecule has 3 nitrogen and oxygen atoms in total. The summed E-state index contributed by atoms with van der Waals surface area (Å²) in [7, 11) is 0.0925. The number of unbranched alkanes of at least 4 members (excludes halogenated alkanes) is 1. The lowest BCUT2D eigenvalue weighted by atomic mass is 10.1. The van der Waals surface area contributed by atoms with Gasteiger partial charge in [-0.1, -0.05) is 52.0 Å². The zero-order valence-corrected chi connectivity index (χ0v) is 19.5. The molecule has 0 aliphatic carbocycles. The first-order valence-corrected chi connectivity index (χ1v) is 13.1. The molecule has 0 bridgehead atoms. The Hall–Kier alpha value is -1.10. The van der Waals surface area contributed by atoms with Gasteiger partial charge < -0.3 is 13.9 Å². The van der Waals surface area contributed by atoms with Crippen LogP contribution in [0, 0.1) is 5.92 Å². The van der Waals surface area contributed by atoms with Crippen LogP contribution in [0.4, 0.5) is 0 Å². The highest BCUT2D eigenvalue weighted by Crippen LogP contribution is 2.36. The van der Waals surface area contributed by atoms with E-state index in [1.54, 1.807) is 7.11 Å². The summed E-state index contributed by atoms with van der Waals surface area (Å²) in [5.74, 6) is 1.43. The Morgan fingerprint density at radius 1 is 1.07 bits per heavy atom. The van der Waals surface area contributed by atoms with Crippen molar-refractivity contribution in [2.75, 3.05) is 20.3 Å². The average molecular weight is 393 g/mol. The van der Waals surface area contributed by atoms with Crippen molar-refractivity contribution < 1.29 is 13.9 Å². The number of benzene rings is 1. The number of hydrogen-bond donors (Lipinski definition) is 0. The molecule has 4 heteroatoms. The van der Waals surface area contributed by atoms with Gasteiger partial charge in [-0.2, -0.15) is 0 Å². The van der Waals surface area contributed by atoms with Gasteiger partial charge in [-0.3, -0.25) is 0 Å². The average Bonchev–Trinajstić information content (AvgIpc) is 2.61. The van der Waals surface area contributed by atoms with Gasteiger partial charge in [-0.25, -0.2) is 0 Å². The van der Waals surface area contributed by atoms with Gasteiger partial charge in [0, 0.05) is 13.2 Å². The molecule has 0 aliphatic rings. The predicted molar refractivity (Wildman–Crippen MR) is 118 cm³/mol. The number of rotatable bonds is 12. The van der Waals surface area contributed by atoms with Gasteiger partial charge in [0.2, 0.25) is 0 Å². The summed E-state index contributed by atoms with van der Waals surface area (Å²) >= 11 is 0. The Kier molecular flexibility index (Phi) is 10.3. The fourth-order valence-corrected chi connectivity index (χ4v) is 3.44. The first-order chi connectivity index (χ1) is 12.7. The van der Waals surface area contributed by atoms with E-state index in [9.17, 15) is 0 Å². The molecule has 0 N–H and O–H groups in total. The van der Waals surface area contributed by atoms with Crippen molar-refractivity contribution in [3.8, 4) is 5.75 Å². The Morgan fingerprint density at radius 3 is 2.33 bits per heavy atom. The van der Waals surface area contributed by atoms with Crippen LogP contribution in [-0.2, 0) is 15.8 Å². The minimum Gasteiger partial charge on any atom is -0.497 e. The lowest BCUT2D eigenvalue weighted by Crippen LogP contribution is -2.40. The SMILES string of the molecule is COc1ccc(COCC[C@@H](C)/C=C/CCCO[Si](C)(C)C(C)(C)C)cc1. The molecule has 0 heterocycles. The molecule has 0 saturated heterocycles. The first kappa shape index (κ1) is 23.9. The third-order valence-electron chi connectivity index (χ3n) is 5.39. The zero-order valence-electron chi connectivity index (χ0n) is 18.5. The lowest BCUT2D eigenvalue weighted by Gasteiger charge is -2.36. The minimum absolute atomic E-state index is 0.295. The van der Waals surface area contributed by atoms with Crippen molar-refractivity contribution in [2.45, 2.75) is 71.7 Å². The van der Waals surface area contributed by atoms with Crippen LogP contribution in [0.1, 0.15) is 52.5 Å². The quantitative estimate of drug-likeness (QED) is 0.228. The van der Waals surface area contributed by atoms with Gasteiger partial charge in [0.15, 0.2) is 8.32 Å². The van der Waals surface area contributed by atoms with E-state index in [0.29, 0.717) is 17.6 Å². The van der Waals surface area contributed by atoms with Crippen LogP contribution in [0.2, 0.25) is 18.1 Å². The third-order valence-corrected chi connectivity index (χ3v) is 9.93. The normalized spacial score (nSPS) is 13.9. The summed E-state index contributed by atoms with van der Waals surface area (Å²) in [5, 5.41) is 0.295. The largest absolute Gasteiger partial charge is 0.497 e. The van der Waals surface area contributed by atoms with Gasteiger partial charge in [0.25, 0.3) is 0 Å². The third kappa shape index (κ3) is 9.59. The van der Waals surface area contributed by atoms with E-state index in [0.717, 1.165) is 38.2 Å². The molecule has 1 atom stereocenters. The standard InChI is InChI=1S/C23H40O3Si/c1-20(11-9-8-10-17-26-27(6,7)23(2,3)4)16-18-25-19-21-12-14-22(24-5)15-13-21/h9,11-15,20H,8,10,16-19H2,1-7H3/b11-9+/t20-/m0/s1. The van der Waals surface area contributed by atoms with Crippen molar-refractivity contribution in [3.63, 3.8) is 0 Å². The molecule has 1 rings (SSSR count). The second-order valence-electron chi connectivity index (χ2n) is 8.85. The molecule has 1 aromatic rings. The van der Waals surface area contributed by atoms with Gasteiger partial charge in [0.1, 0.15) is 5.75 Å². The predicted octanol–water partition coefficient (Wildman–Crippen LogP) is 6.60. The Labute approximate surface area is 168 Å². The molecule has 0 radical (unpaired) electrons. The molecule has 0 amide bonds. The maximum absolute atomic E-state index is 6.21. The highest BCUT2D eigenvalue weighted by molar-refractivity contribution is 6.74. The number of ether oxygens (including phenoxy) is 2. The van der Waals surface area contributed by atoms with Crippen LogP contribution in [0.5, 0.6) is 5.75 Å². The fraction of sp³-hybridized carbons (Fsp3) is 0.652. The van der Waals surface area contributed by atoms with Crippen molar-refractivity contribution >= 4 is 8.32 Å². The molecule has 0 aliphatic heterocycles. The van der Waals surface area contributed by atoms with E-state index < -0.39 is 8.32 Å². The molecular weight excluding hydrogens is 352 g/mol. The molecule has 154 valence electrons. The molecule has 0 saturated carbocycles. The van der Waals surface area contributed by atoms with Gasteiger partial charge in [-0.15, -0.1) is 0 Å². The maximum atomic E-state index is 6.21. The van der Waals surface area contributed by atoms with Crippen molar-refractivity contribution in [3.05, 3.63) is 42.0 Å². The van der Waals surface area contributed by atoms with E-state index in [2.05, 4.69) is 52.9 Å². The highest BCUT2D eigenvalue weighted by atomic mass is 28.4. The van der Waals surface area contributed by atoms with Crippen LogP contribution < -0.4 is 4.74 Å². The Balaban J connectivity index is 2.11. The summed E-state index contributed by atoms with van der Waals surface area (Å²) in [6, 6.07) is 8.04. The fourth-order valence-electron chi connectivity index (χ4n) is 2.35. The Morgan fingerprint density at radius 2 is 1.74 bits per heavy atom. The van der Waals surface area contributed by atoms with Crippen LogP contribution in [0.15, 0.2) is 36.4 Å². The van der Waals surface area contributed by atoms with Crippen molar-refractivity contribution in [1.82, 2.24) is 0 Å². The molecule has 0 unspecified atom stereocenters. The summed E-state index contributed by atoms with van der Waals surface area (Å²) in [6.07, 6.45) is 7.84. The summed E-state index contributed by atoms with van der Waals surface area (Å²) in [4.78, 5) is 0. The first-order valence-electron chi connectivity index (χ1n) is 10.2. The number of allylic oxidation sites excluding steroid dienone is 2. The van der Waals surface area contributed by atoms with Gasteiger partial charge in [0.05, 0.1) is 13.7 Å². The van der Waals surface area contributed by atoms with Crippen LogP contribution in [0.25, 0.3) is 0 Å². The molecular formula is C23H40O3Si. The zero-order chi connectivity index (χ0) is 20.3. The topological polar surface area (TPSA) is 27.7 Å². The number of methoxy groups -OCH3 is 1. The van der Waals surface area contributed by atoms with Crippen LogP contribution in [0.3, 0.4) is 0 Å². The van der Waals surface area contributed by atoms with Crippen LogP contribution in [-0.4, -0.2) is 28.6 Å². The molecule has 0 spiro atoms. The van der Waals surface area contributed by atoms with E-state index in [4.69, 9.17) is 13.9 Å².